The van der Waals surface area contributed by atoms with Crippen molar-refractivity contribution in [3.8, 4) is 0 Å². The van der Waals surface area contributed by atoms with Crippen LogP contribution in [0.2, 0.25) is 0 Å². The number of anilines is 4. The molecule has 0 saturated carbocycles. The summed E-state index contributed by atoms with van der Waals surface area (Å²) in [6.45, 7) is -0.349. The third-order valence-corrected chi connectivity index (χ3v) is 7.47. The Balaban J connectivity index is 1.19. The molecule has 0 aliphatic carbocycles. The van der Waals surface area contributed by atoms with E-state index in [1.165, 1.54) is 21.8 Å². The number of hydrogen-bond acceptors (Lipinski definition) is 18. The third-order valence-electron chi connectivity index (χ3n) is 7.47. The summed E-state index contributed by atoms with van der Waals surface area (Å²) in [7, 11) is 0. The molecule has 43 heavy (non-hydrogen) atoms. The van der Waals surface area contributed by atoms with Gasteiger partial charge in [-0.15, -0.1) is 0 Å². The summed E-state index contributed by atoms with van der Waals surface area (Å²) in [5, 5.41) is 67.3. The Morgan fingerprint density at radius 1 is 0.674 bits per heavy atom. The molecular weight excluding hydrogens is 572 g/mol. The highest BCUT2D eigenvalue weighted by Crippen LogP contribution is 2.36. The summed E-state index contributed by atoms with van der Waals surface area (Å²) < 4.78 is 14.3. The Hall–Kier alpha value is -4.02. The number of imidazole rings is 2. The number of rotatable bonds is 10. The van der Waals surface area contributed by atoms with Crippen LogP contribution in [0.3, 0.4) is 0 Å². The minimum absolute atomic E-state index is 0.103. The summed E-state index contributed by atoms with van der Waals surface area (Å²) in [5.74, 6) is 0.676. The van der Waals surface area contributed by atoms with Crippen molar-refractivity contribution < 1.29 is 40.1 Å². The van der Waals surface area contributed by atoms with E-state index in [4.69, 9.17) is 20.9 Å². The second kappa shape index (κ2) is 11.6. The van der Waals surface area contributed by atoms with Gasteiger partial charge in [-0.1, -0.05) is 0 Å². The maximum atomic E-state index is 10.6. The van der Waals surface area contributed by atoms with Gasteiger partial charge < -0.3 is 62.2 Å². The molecule has 0 unspecified atom stereocenters. The molecule has 12 N–H and O–H groups in total. The highest BCUT2D eigenvalue weighted by atomic mass is 16.6. The number of aliphatic hydroxyl groups excluding tert-OH is 6. The first-order valence-corrected chi connectivity index (χ1v) is 13.4. The predicted molar refractivity (Wildman–Crippen MR) is 147 cm³/mol. The smallest absolute Gasteiger partial charge is 0.207 e. The lowest BCUT2D eigenvalue weighted by atomic mass is 10.1. The molecule has 2 saturated heterocycles. The van der Waals surface area contributed by atoms with Gasteiger partial charge in [0.1, 0.15) is 49.3 Å². The molecule has 0 bridgehead atoms. The summed E-state index contributed by atoms with van der Waals surface area (Å²) in [4.78, 5) is 25.3. The molecule has 4 aromatic rings. The van der Waals surface area contributed by atoms with Gasteiger partial charge in [0.25, 0.3) is 0 Å². The quantitative estimate of drug-likeness (QED) is 0.0777. The van der Waals surface area contributed by atoms with Gasteiger partial charge in [0.15, 0.2) is 46.4 Å². The van der Waals surface area contributed by atoms with Crippen LogP contribution in [-0.4, -0.2) is 133 Å². The second-order valence-electron chi connectivity index (χ2n) is 10.1. The number of nitrogens with zero attached hydrogens (tertiary/aromatic N) is 8. The lowest BCUT2D eigenvalue weighted by molar-refractivity contribution is -0.0501. The van der Waals surface area contributed by atoms with Crippen LogP contribution < -0.4 is 22.1 Å². The molecule has 232 valence electrons. The lowest BCUT2D eigenvalue weighted by Crippen LogP contribution is -2.33. The third kappa shape index (κ3) is 4.92. The average Bonchev–Trinajstić information content (AvgIpc) is 3.71. The van der Waals surface area contributed by atoms with E-state index in [1.54, 1.807) is 0 Å². The van der Waals surface area contributed by atoms with Gasteiger partial charge in [0, 0.05) is 13.1 Å². The molecule has 8 atom stereocenters. The van der Waals surface area contributed by atoms with Crippen LogP contribution in [0.5, 0.6) is 0 Å². The number of aliphatic hydroxyl groups is 6. The van der Waals surface area contributed by atoms with Crippen molar-refractivity contribution in [3.63, 3.8) is 0 Å². The van der Waals surface area contributed by atoms with E-state index in [1.807, 2.05) is 0 Å². The molecule has 0 aromatic carbocycles. The topological polar surface area (TPSA) is 303 Å². The average molecular weight is 605 g/mol. The lowest BCUT2D eigenvalue weighted by Gasteiger charge is -2.20. The number of nitrogen functional groups attached to an aromatic ring is 2. The van der Waals surface area contributed by atoms with E-state index < -0.39 is 62.3 Å². The highest BCUT2D eigenvalue weighted by molar-refractivity contribution is 5.84. The molecule has 20 nitrogen and oxygen atoms in total. The normalized spacial score (nSPS) is 29.2. The summed E-state index contributed by atoms with van der Waals surface area (Å²) >= 11 is 0. The van der Waals surface area contributed by atoms with Crippen LogP contribution in [0.25, 0.3) is 22.3 Å². The summed E-state index contributed by atoms with van der Waals surface area (Å²) in [6, 6.07) is 0. The van der Waals surface area contributed by atoms with Gasteiger partial charge in [-0.2, -0.15) is 0 Å². The molecule has 6 heterocycles. The highest BCUT2D eigenvalue weighted by Gasteiger charge is 2.46. The maximum absolute atomic E-state index is 10.6. The zero-order chi connectivity index (χ0) is 30.4. The Kier molecular flexibility index (Phi) is 7.83. The molecule has 2 fully saturated rings. The van der Waals surface area contributed by atoms with E-state index in [0.29, 0.717) is 19.5 Å². The van der Waals surface area contributed by atoms with Crippen molar-refractivity contribution >= 4 is 45.9 Å². The molecule has 2 aliphatic heterocycles. The van der Waals surface area contributed by atoms with E-state index >= 15 is 0 Å². The van der Waals surface area contributed by atoms with Gasteiger partial charge in [-0.05, 0) is 6.42 Å². The molecule has 6 rings (SSSR count). The van der Waals surface area contributed by atoms with Crippen LogP contribution in [0.15, 0.2) is 12.7 Å². The SMILES string of the molecule is Nc1ncnc2c1nc(NCCCNc1nc3c(N)ncnc3n1[C@@H]1O[C@H](CO)[C@@H](O)[C@H]1O)n2[C@@H]1O[C@H](CO)[C@@H](O)[C@H]1O. The van der Waals surface area contributed by atoms with Crippen molar-refractivity contribution in [1.29, 1.82) is 0 Å². The molecule has 0 spiro atoms. The number of ether oxygens (including phenoxy) is 2. The van der Waals surface area contributed by atoms with Crippen molar-refractivity contribution in [1.82, 2.24) is 39.0 Å². The number of hydrogen-bond donors (Lipinski definition) is 10. The number of nitrogens with two attached hydrogens (primary N) is 2. The zero-order valence-corrected chi connectivity index (χ0v) is 22.5. The Bertz CT molecular complexity index is 1490. The van der Waals surface area contributed by atoms with Crippen molar-refractivity contribution in [2.75, 3.05) is 48.4 Å². The molecule has 4 aromatic heterocycles. The fourth-order valence-electron chi connectivity index (χ4n) is 5.26. The Morgan fingerprint density at radius 2 is 1.09 bits per heavy atom. The standard InChI is InChI=1S/C23H32N12O8/c24-16-10-18(30-6-28-16)34(20-14(40)12(38)8(4-36)42-20)22(32-10)26-2-1-3-27-23-33-11-17(25)29-7-31-19(11)35(23)21-15(41)13(39)9(5-37)43-21/h6-9,12-15,20-21,36-41H,1-5H2,(H,26,32)(H,27,33)(H2,24,28,30)(H2,25,29,31)/t8-,9-,12-,13-,14-,15-,20-,21-/m1/s1. The van der Waals surface area contributed by atoms with Gasteiger partial charge in [0.2, 0.25) is 11.9 Å². The van der Waals surface area contributed by atoms with E-state index in [-0.39, 0.29) is 45.9 Å². The van der Waals surface area contributed by atoms with Gasteiger partial charge in [-0.25, -0.2) is 29.9 Å². The zero-order valence-electron chi connectivity index (χ0n) is 22.5. The number of fused-ring (bicyclic) bond motifs is 2. The first-order chi connectivity index (χ1) is 20.7. The van der Waals surface area contributed by atoms with Crippen molar-refractivity contribution in [3.05, 3.63) is 12.7 Å². The first-order valence-electron chi connectivity index (χ1n) is 13.4. The predicted octanol–water partition coefficient (Wildman–Crippen LogP) is -3.73. The van der Waals surface area contributed by atoms with Crippen LogP contribution in [0.4, 0.5) is 23.5 Å². The van der Waals surface area contributed by atoms with E-state index in [0.717, 1.165) is 0 Å². The summed E-state index contributed by atoms with van der Waals surface area (Å²) in [5.41, 5.74) is 13.0. The molecule has 0 amide bonds. The molecule has 0 radical (unpaired) electrons. The fraction of sp³-hybridized carbons (Fsp3) is 0.565. The van der Waals surface area contributed by atoms with E-state index in [9.17, 15) is 30.6 Å². The van der Waals surface area contributed by atoms with Gasteiger partial charge >= 0.3 is 0 Å². The van der Waals surface area contributed by atoms with Gasteiger partial charge in [0.05, 0.1) is 13.2 Å². The first kappa shape index (κ1) is 29.1. The largest absolute Gasteiger partial charge is 0.394 e. The second-order valence-corrected chi connectivity index (χ2v) is 10.1. The van der Waals surface area contributed by atoms with Crippen molar-refractivity contribution in [2.45, 2.75) is 55.5 Å². The van der Waals surface area contributed by atoms with Crippen LogP contribution in [0, 0.1) is 0 Å². The van der Waals surface area contributed by atoms with Crippen LogP contribution in [0.1, 0.15) is 18.9 Å². The van der Waals surface area contributed by atoms with Gasteiger partial charge in [-0.3, -0.25) is 9.13 Å². The fourth-order valence-corrected chi connectivity index (χ4v) is 5.26. The Morgan fingerprint density at radius 3 is 1.47 bits per heavy atom. The minimum Gasteiger partial charge on any atom is -0.394 e. The monoisotopic (exact) mass is 604 g/mol. The van der Waals surface area contributed by atoms with Crippen LogP contribution in [-0.2, 0) is 9.47 Å². The maximum Gasteiger partial charge on any atom is 0.207 e. The molecular formula is C23H32N12O8. The molecule has 20 heteroatoms. The number of aromatic nitrogens is 8. The number of nitrogens with one attached hydrogen (secondary N) is 2. The van der Waals surface area contributed by atoms with Crippen LogP contribution >= 0.6 is 0 Å². The molecule has 2 aliphatic rings. The summed E-state index contributed by atoms with van der Waals surface area (Å²) in [6.07, 6.45) is -6.74. The minimum atomic E-state index is -1.38. The van der Waals surface area contributed by atoms with E-state index in [2.05, 4.69) is 40.5 Å². The Labute approximate surface area is 242 Å². The van der Waals surface area contributed by atoms with Crippen molar-refractivity contribution in [2.24, 2.45) is 0 Å².